The predicted octanol–water partition coefficient (Wildman–Crippen LogP) is 3.81. The van der Waals surface area contributed by atoms with Crippen molar-refractivity contribution in [2.24, 2.45) is 0 Å². The Morgan fingerprint density at radius 1 is 0.935 bits per heavy atom. The highest BCUT2D eigenvalue weighted by Crippen LogP contribution is 2.43. The molecule has 0 aromatic heterocycles. The number of fused-ring (bicyclic) bond motifs is 1. The van der Waals surface area contributed by atoms with Gasteiger partial charge in [0.15, 0.2) is 17.6 Å². The van der Waals surface area contributed by atoms with Crippen molar-refractivity contribution >= 4 is 12.0 Å². The van der Waals surface area contributed by atoms with E-state index in [1.54, 1.807) is 6.08 Å². The van der Waals surface area contributed by atoms with Gasteiger partial charge in [-0.15, -0.1) is 0 Å². The minimum atomic E-state index is -0.839. The first-order valence-corrected chi connectivity index (χ1v) is 9.58. The minimum Gasteiger partial charge on any atom is -0.508 e. The van der Waals surface area contributed by atoms with Gasteiger partial charge in [0, 0.05) is 35.8 Å². The Hall–Kier alpha value is -4.13. The number of hydrogen-bond donors (Lipinski definition) is 4. The van der Waals surface area contributed by atoms with E-state index in [1.807, 2.05) is 30.3 Å². The van der Waals surface area contributed by atoms with Crippen molar-refractivity contribution in [2.75, 3.05) is 0 Å². The SMILES string of the molecule is O=C(/C=C/c1ccccc1)O[C@@H]1Cc2c(O)cc(O)cc2O[C@@H]1c1ccc(O)c(O)c1. The molecular formula is C24H20O7. The van der Waals surface area contributed by atoms with E-state index >= 15 is 0 Å². The molecular weight excluding hydrogens is 400 g/mol. The van der Waals surface area contributed by atoms with Crippen LogP contribution in [-0.4, -0.2) is 32.5 Å². The highest BCUT2D eigenvalue weighted by atomic mass is 16.6. The van der Waals surface area contributed by atoms with Crippen LogP contribution in [0.5, 0.6) is 28.7 Å². The Labute approximate surface area is 178 Å². The molecule has 7 nitrogen and oxygen atoms in total. The number of phenols is 4. The summed E-state index contributed by atoms with van der Waals surface area (Å²) < 4.78 is 11.6. The van der Waals surface area contributed by atoms with Crippen molar-refractivity contribution < 1.29 is 34.7 Å². The average Bonchev–Trinajstić information content (AvgIpc) is 2.75. The number of phenolic OH excluding ortho intramolecular Hbond substituents is 4. The molecule has 2 atom stereocenters. The summed E-state index contributed by atoms with van der Waals surface area (Å²) in [5, 5.41) is 39.5. The molecule has 31 heavy (non-hydrogen) atoms. The normalized spacial score (nSPS) is 17.7. The molecule has 3 aromatic rings. The number of aromatic hydroxyl groups is 4. The fourth-order valence-electron chi connectivity index (χ4n) is 3.47. The molecule has 4 N–H and O–H groups in total. The number of carbonyl (C=O) groups is 1. The van der Waals surface area contributed by atoms with Gasteiger partial charge in [0.25, 0.3) is 0 Å². The zero-order valence-electron chi connectivity index (χ0n) is 16.3. The number of hydrogen-bond acceptors (Lipinski definition) is 7. The van der Waals surface area contributed by atoms with Gasteiger partial charge >= 0.3 is 5.97 Å². The van der Waals surface area contributed by atoms with Gasteiger partial charge < -0.3 is 29.9 Å². The molecule has 1 heterocycles. The van der Waals surface area contributed by atoms with Crippen molar-refractivity contribution in [1.29, 1.82) is 0 Å². The van der Waals surface area contributed by atoms with E-state index in [1.165, 1.54) is 36.4 Å². The number of carbonyl (C=O) groups excluding carboxylic acids is 1. The molecule has 1 aliphatic rings. The van der Waals surface area contributed by atoms with E-state index in [0.29, 0.717) is 11.1 Å². The predicted molar refractivity (Wildman–Crippen MR) is 112 cm³/mol. The van der Waals surface area contributed by atoms with E-state index < -0.39 is 18.2 Å². The molecule has 0 spiro atoms. The van der Waals surface area contributed by atoms with Gasteiger partial charge in [0.05, 0.1) is 0 Å². The third kappa shape index (κ3) is 4.40. The van der Waals surface area contributed by atoms with Crippen LogP contribution in [0.4, 0.5) is 0 Å². The summed E-state index contributed by atoms with van der Waals surface area (Å²) >= 11 is 0. The quantitative estimate of drug-likeness (QED) is 0.288. The van der Waals surface area contributed by atoms with Crippen molar-refractivity contribution in [3.63, 3.8) is 0 Å². The highest BCUT2D eigenvalue weighted by Gasteiger charge is 2.36. The summed E-state index contributed by atoms with van der Waals surface area (Å²) in [5.74, 6) is -1.36. The smallest absolute Gasteiger partial charge is 0.331 e. The van der Waals surface area contributed by atoms with Crippen molar-refractivity contribution in [3.8, 4) is 28.7 Å². The summed E-state index contributed by atoms with van der Waals surface area (Å²) in [6.45, 7) is 0. The van der Waals surface area contributed by atoms with E-state index in [2.05, 4.69) is 0 Å². The fraction of sp³-hybridized carbons (Fsp3) is 0.125. The molecule has 0 fully saturated rings. The monoisotopic (exact) mass is 420 g/mol. The second kappa shape index (κ2) is 8.31. The van der Waals surface area contributed by atoms with Crippen LogP contribution in [0.3, 0.4) is 0 Å². The Bertz CT molecular complexity index is 1140. The Morgan fingerprint density at radius 3 is 2.45 bits per heavy atom. The summed E-state index contributed by atoms with van der Waals surface area (Å²) in [4.78, 5) is 12.5. The van der Waals surface area contributed by atoms with Crippen LogP contribution in [0.2, 0.25) is 0 Å². The van der Waals surface area contributed by atoms with Crippen LogP contribution in [0.15, 0.2) is 66.7 Å². The first-order chi connectivity index (χ1) is 14.9. The van der Waals surface area contributed by atoms with Gasteiger partial charge in [0.1, 0.15) is 23.4 Å². The lowest BCUT2D eigenvalue weighted by Gasteiger charge is -2.33. The lowest BCUT2D eigenvalue weighted by Crippen LogP contribution is -2.34. The van der Waals surface area contributed by atoms with Crippen LogP contribution in [0, 0.1) is 0 Å². The molecule has 0 bridgehead atoms. The molecule has 0 radical (unpaired) electrons. The van der Waals surface area contributed by atoms with Crippen molar-refractivity contribution in [1.82, 2.24) is 0 Å². The largest absolute Gasteiger partial charge is 0.508 e. The van der Waals surface area contributed by atoms with Gasteiger partial charge in [0.2, 0.25) is 0 Å². The first-order valence-electron chi connectivity index (χ1n) is 9.58. The van der Waals surface area contributed by atoms with E-state index in [4.69, 9.17) is 9.47 Å². The summed E-state index contributed by atoms with van der Waals surface area (Å²) in [6, 6.07) is 15.9. The Kier molecular flexibility index (Phi) is 5.41. The molecule has 0 amide bonds. The topological polar surface area (TPSA) is 116 Å². The molecule has 0 aliphatic carbocycles. The molecule has 1 aliphatic heterocycles. The van der Waals surface area contributed by atoms with E-state index in [0.717, 1.165) is 5.56 Å². The highest BCUT2D eigenvalue weighted by molar-refractivity contribution is 5.87. The molecule has 3 aromatic carbocycles. The van der Waals surface area contributed by atoms with Gasteiger partial charge in [-0.25, -0.2) is 4.79 Å². The van der Waals surface area contributed by atoms with Crippen LogP contribution < -0.4 is 4.74 Å². The molecule has 0 unspecified atom stereocenters. The maximum atomic E-state index is 12.5. The number of rotatable bonds is 4. The van der Waals surface area contributed by atoms with Gasteiger partial charge in [-0.2, -0.15) is 0 Å². The van der Waals surface area contributed by atoms with Crippen molar-refractivity contribution in [3.05, 3.63) is 83.4 Å². The third-order valence-electron chi connectivity index (χ3n) is 4.97. The van der Waals surface area contributed by atoms with Gasteiger partial charge in [-0.05, 0) is 23.8 Å². The maximum absolute atomic E-state index is 12.5. The van der Waals surface area contributed by atoms with Crippen molar-refractivity contribution in [2.45, 2.75) is 18.6 Å². The zero-order chi connectivity index (χ0) is 22.0. The summed E-state index contributed by atoms with van der Waals surface area (Å²) in [7, 11) is 0. The number of esters is 1. The standard InChI is InChI=1S/C24H20O7/c25-16-11-19(27)17-13-22(30-23(29)9-6-14-4-2-1-3-5-14)24(31-21(17)12-16)15-7-8-18(26)20(28)10-15/h1-12,22,24-28H,13H2/b9-6+/t22-,24-/m1/s1. The second-order valence-electron chi connectivity index (χ2n) is 7.15. The van der Waals surface area contributed by atoms with E-state index in [9.17, 15) is 25.2 Å². The molecule has 158 valence electrons. The van der Waals surface area contributed by atoms with Crippen LogP contribution >= 0.6 is 0 Å². The second-order valence-corrected chi connectivity index (χ2v) is 7.15. The lowest BCUT2D eigenvalue weighted by atomic mass is 9.93. The number of ether oxygens (including phenoxy) is 2. The fourth-order valence-corrected chi connectivity index (χ4v) is 3.47. The van der Waals surface area contributed by atoms with E-state index in [-0.39, 0.29) is 35.2 Å². The van der Waals surface area contributed by atoms with Crippen LogP contribution in [0.1, 0.15) is 22.8 Å². The molecule has 4 rings (SSSR count). The Morgan fingerprint density at radius 2 is 1.71 bits per heavy atom. The average molecular weight is 420 g/mol. The molecule has 7 heteroatoms. The Balaban J connectivity index is 1.64. The van der Waals surface area contributed by atoms with Gasteiger partial charge in [-0.1, -0.05) is 36.4 Å². The van der Waals surface area contributed by atoms with Gasteiger partial charge in [-0.3, -0.25) is 0 Å². The minimum absolute atomic E-state index is 0.124. The van der Waals surface area contributed by atoms with Crippen LogP contribution in [-0.2, 0) is 16.0 Å². The summed E-state index contributed by atoms with van der Waals surface area (Å²) in [6.07, 6.45) is 1.37. The van der Waals surface area contributed by atoms with Crippen LogP contribution in [0.25, 0.3) is 6.08 Å². The molecule has 0 saturated carbocycles. The molecule has 0 saturated heterocycles. The number of benzene rings is 3. The third-order valence-corrected chi connectivity index (χ3v) is 4.97. The summed E-state index contributed by atoms with van der Waals surface area (Å²) in [5.41, 5.74) is 1.67. The lowest BCUT2D eigenvalue weighted by molar-refractivity contribution is -0.149. The zero-order valence-corrected chi connectivity index (χ0v) is 16.3. The maximum Gasteiger partial charge on any atom is 0.331 e. The first kappa shape index (κ1) is 20.2.